The van der Waals surface area contributed by atoms with Gasteiger partial charge in [0, 0.05) is 17.8 Å². The molecule has 0 aliphatic rings. The zero-order valence-electron chi connectivity index (χ0n) is 9.32. The molecule has 0 saturated heterocycles. The largest absolute Gasteiger partial charge is 0.378 e. The Balaban J connectivity index is 2.56. The predicted molar refractivity (Wildman–Crippen MR) is 76.4 cm³/mol. The molecule has 2 heterocycles. The van der Waals surface area contributed by atoms with Gasteiger partial charge in [-0.3, -0.25) is 4.98 Å². The van der Waals surface area contributed by atoms with Crippen LogP contribution in [-0.2, 0) is 11.3 Å². The minimum absolute atomic E-state index is 0.338. The van der Waals surface area contributed by atoms with Gasteiger partial charge in [-0.05, 0) is 44.0 Å². The average Bonchev–Trinajstić information content (AvgIpc) is 2.35. The van der Waals surface area contributed by atoms with Crippen molar-refractivity contribution in [3.05, 3.63) is 38.1 Å². The molecule has 0 radical (unpaired) electrons. The quantitative estimate of drug-likeness (QED) is 0.743. The summed E-state index contributed by atoms with van der Waals surface area (Å²) in [4.78, 5) is 12.8. The van der Waals surface area contributed by atoms with E-state index in [0.717, 1.165) is 4.47 Å². The molecular weight excluding hydrogens is 385 g/mol. The fraction of sp³-hybridized carbons (Fsp3) is 0.182. The Hall–Kier alpha value is -0.560. The second-order valence-corrected chi connectivity index (χ2v) is 5.37. The van der Waals surface area contributed by atoms with E-state index in [4.69, 9.17) is 16.3 Å². The van der Waals surface area contributed by atoms with Gasteiger partial charge in [0.25, 0.3) is 0 Å². The van der Waals surface area contributed by atoms with Crippen LogP contribution in [0.3, 0.4) is 0 Å². The van der Waals surface area contributed by atoms with E-state index >= 15 is 0 Å². The van der Waals surface area contributed by atoms with Gasteiger partial charge in [-0.15, -0.1) is 0 Å². The Morgan fingerprint density at radius 1 is 1.33 bits per heavy atom. The average molecular weight is 393 g/mol. The highest BCUT2D eigenvalue weighted by Gasteiger charge is 2.14. The molecule has 7 heteroatoms. The van der Waals surface area contributed by atoms with Gasteiger partial charge in [0.1, 0.15) is 10.8 Å². The number of ether oxygens (including phenoxy) is 1. The van der Waals surface area contributed by atoms with Crippen LogP contribution in [0, 0.1) is 0 Å². The van der Waals surface area contributed by atoms with Gasteiger partial charge in [0.15, 0.2) is 5.82 Å². The van der Waals surface area contributed by atoms with Crippen LogP contribution in [0.15, 0.2) is 27.3 Å². The van der Waals surface area contributed by atoms with Crippen LogP contribution >= 0.6 is 43.5 Å². The highest BCUT2D eigenvalue weighted by atomic mass is 79.9. The molecule has 0 atom stereocenters. The third-order valence-corrected chi connectivity index (χ3v) is 4.11. The summed E-state index contributed by atoms with van der Waals surface area (Å²) >= 11 is 12.8. The Labute approximate surface area is 126 Å². The zero-order valence-corrected chi connectivity index (χ0v) is 13.3. The highest BCUT2D eigenvalue weighted by molar-refractivity contribution is 9.11. The molecule has 2 aromatic heterocycles. The van der Waals surface area contributed by atoms with Crippen molar-refractivity contribution in [3.63, 3.8) is 0 Å². The first kappa shape index (κ1) is 13.9. The zero-order chi connectivity index (χ0) is 13.1. The molecule has 0 unspecified atom stereocenters. The molecule has 94 valence electrons. The first-order valence-corrected chi connectivity index (χ1v) is 6.91. The van der Waals surface area contributed by atoms with Crippen LogP contribution in [0.2, 0.25) is 5.15 Å². The normalized spacial score (nSPS) is 10.7. The molecule has 0 spiro atoms. The predicted octanol–water partition coefficient (Wildman–Crippen LogP) is 3.86. The maximum Gasteiger partial charge on any atom is 0.181 e. The van der Waals surface area contributed by atoms with Crippen LogP contribution in [0.5, 0.6) is 0 Å². The van der Waals surface area contributed by atoms with E-state index in [0.29, 0.717) is 33.4 Å². The van der Waals surface area contributed by atoms with E-state index < -0.39 is 0 Å². The van der Waals surface area contributed by atoms with Crippen molar-refractivity contribution in [1.29, 1.82) is 0 Å². The SMILES string of the molecule is COCc1nc(-c2ncccc2Br)nc(Cl)c1Br. The van der Waals surface area contributed by atoms with E-state index in [1.165, 1.54) is 0 Å². The van der Waals surface area contributed by atoms with Gasteiger partial charge in [0.05, 0.1) is 16.8 Å². The van der Waals surface area contributed by atoms with E-state index in [9.17, 15) is 0 Å². The molecule has 0 aliphatic carbocycles. The number of nitrogens with zero attached hydrogens (tertiary/aromatic N) is 3. The fourth-order valence-corrected chi connectivity index (χ4v) is 2.26. The number of rotatable bonds is 3. The molecule has 18 heavy (non-hydrogen) atoms. The Bertz CT molecular complexity index is 580. The Morgan fingerprint density at radius 2 is 2.11 bits per heavy atom. The fourth-order valence-electron chi connectivity index (χ4n) is 1.35. The molecule has 0 fully saturated rings. The molecule has 0 aromatic carbocycles. The Morgan fingerprint density at radius 3 is 2.78 bits per heavy atom. The van der Waals surface area contributed by atoms with Crippen molar-refractivity contribution in [2.45, 2.75) is 6.61 Å². The molecule has 0 N–H and O–H groups in total. The monoisotopic (exact) mass is 391 g/mol. The van der Waals surface area contributed by atoms with Crippen LogP contribution in [0.4, 0.5) is 0 Å². The second kappa shape index (κ2) is 6.06. The number of aromatic nitrogens is 3. The van der Waals surface area contributed by atoms with Crippen LogP contribution in [0.25, 0.3) is 11.5 Å². The van der Waals surface area contributed by atoms with Gasteiger partial charge in [-0.2, -0.15) is 0 Å². The van der Waals surface area contributed by atoms with E-state index in [1.54, 1.807) is 13.3 Å². The summed E-state index contributed by atoms with van der Waals surface area (Å²) in [6.45, 7) is 0.347. The van der Waals surface area contributed by atoms with Crippen LogP contribution in [-0.4, -0.2) is 22.1 Å². The number of pyridine rings is 1. The number of hydrogen-bond acceptors (Lipinski definition) is 4. The molecule has 0 bridgehead atoms. The van der Waals surface area contributed by atoms with Crippen molar-refractivity contribution in [2.24, 2.45) is 0 Å². The topological polar surface area (TPSA) is 47.9 Å². The van der Waals surface area contributed by atoms with Gasteiger partial charge >= 0.3 is 0 Å². The lowest BCUT2D eigenvalue weighted by molar-refractivity contribution is 0.181. The van der Waals surface area contributed by atoms with E-state index in [1.807, 2.05) is 12.1 Å². The van der Waals surface area contributed by atoms with Crippen LogP contribution < -0.4 is 0 Å². The van der Waals surface area contributed by atoms with Crippen molar-refractivity contribution in [1.82, 2.24) is 15.0 Å². The number of methoxy groups -OCH3 is 1. The van der Waals surface area contributed by atoms with Crippen molar-refractivity contribution >= 4 is 43.5 Å². The lowest BCUT2D eigenvalue weighted by atomic mass is 10.3. The summed E-state index contributed by atoms with van der Waals surface area (Å²) in [5.41, 5.74) is 1.33. The summed E-state index contributed by atoms with van der Waals surface area (Å²) in [5, 5.41) is 0.338. The lowest BCUT2D eigenvalue weighted by Gasteiger charge is -2.08. The minimum Gasteiger partial charge on any atom is -0.378 e. The standard InChI is InChI=1S/C11H8Br2ClN3O/c1-18-5-7-8(13)10(14)17-11(16-7)9-6(12)3-2-4-15-9/h2-4H,5H2,1H3. The minimum atomic E-state index is 0.338. The van der Waals surface area contributed by atoms with Crippen molar-refractivity contribution in [2.75, 3.05) is 7.11 Å². The van der Waals surface area contributed by atoms with Gasteiger partial charge in [-0.1, -0.05) is 11.6 Å². The van der Waals surface area contributed by atoms with Gasteiger partial charge in [-0.25, -0.2) is 9.97 Å². The maximum absolute atomic E-state index is 6.06. The molecule has 4 nitrogen and oxygen atoms in total. The lowest BCUT2D eigenvalue weighted by Crippen LogP contribution is -2.01. The summed E-state index contributed by atoms with van der Waals surface area (Å²) < 4.78 is 6.53. The van der Waals surface area contributed by atoms with Gasteiger partial charge in [0.2, 0.25) is 0 Å². The first-order chi connectivity index (χ1) is 8.63. The molecular formula is C11H8Br2ClN3O. The first-order valence-electron chi connectivity index (χ1n) is 4.95. The van der Waals surface area contributed by atoms with Gasteiger partial charge < -0.3 is 4.74 Å². The molecule has 0 aliphatic heterocycles. The summed E-state index contributed by atoms with van der Waals surface area (Å²) in [7, 11) is 1.60. The second-order valence-electron chi connectivity index (χ2n) is 3.37. The number of halogens is 3. The Kier molecular flexibility index (Phi) is 4.66. The van der Waals surface area contributed by atoms with Crippen LogP contribution in [0.1, 0.15) is 5.69 Å². The summed E-state index contributed by atoms with van der Waals surface area (Å²) in [6, 6.07) is 3.70. The van der Waals surface area contributed by atoms with E-state index in [-0.39, 0.29) is 0 Å². The molecule has 2 rings (SSSR count). The van der Waals surface area contributed by atoms with Crippen molar-refractivity contribution < 1.29 is 4.74 Å². The highest BCUT2D eigenvalue weighted by Crippen LogP contribution is 2.29. The molecule has 0 amide bonds. The third kappa shape index (κ3) is 2.88. The maximum atomic E-state index is 6.06. The summed E-state index contributed by atoms with van der Waals surface area (Å²) in [5.74, 6) is 0.461. The molecule has 2 aromatic rings. The third-order valence-electron chi connectivity index (χ3n) is 2.13. The number of hydrogen-bond donors (Lipinski definition) is 0. The van der Waals surface area contributed by atoms with E-state index in [2.05, 4.69) is 46.8 Å². The summed E-state index contributed by atoms with van der Waals surface area (Å²) in [6.07, 6.45) is 1.68. The molecule has 0 saturated carbocycles. The smallest absolute Gasteiger partial charge is 0.181 e. The van der Waals surface area contributed by atoms with Crippen molar-refractivity contribution in [3.8, 4) is 11.5 Å².